The number of nitrogens with zero attached hydrogens (tertiary/aromatic N) is 1. The van der Waals surface area contributed by atoms with Gasteiger partial charge in [-0.2, -0.15) is 0 Å². The van der Waals surface area contributed by atoms with Crippen LogP contribution in [0, 0.1) is 17.8 Å². The summed E-state index contributed by atoms with van der Waals surface area (Å²) in [7, 11) is 2.09. The Morgan fingerprint density at radius 3 is 2.93 bits per heavy atom. The molecule has 0 amide bonds. The predicted octanol–water partition coefficient (Wildman–Crippen LogP) is 2.19. The van der Waals surface area contributed by atoms with Crippen LogP contribution in [0.1, 0.15) is 33.1 Å². The van der Waals surface area contributed by atoms with Gasteiger partial charge in [0.05, 0.1) is 0 Å². The van der Waals surface area contributed by atoms with E-state index < -0.39 is 0 Å². The van der Waals surface area contributed by atoms with E-state index in [4.69, 9.17) is 0 Å². The summed E-state index contributed by atoms with van der Waals surface area (Å²) in [6.45, 7) is 4.86. The molecule has 0 aromatic heterocycles. The highest BCUT2D eigenvalue weighted by Gasteiger charge is 2.67. The Bertz CT molecular complexity index is 299. The van der Waals surface area contributed by atoms with Crippen molar-refractivity contribution in [3.63, 3.8) is 0 Å². The number of rotatable bonds is 1. The van der Waals surface area contributed by atoms with Crippen molar-refractivity contribution in [3.8, 4) is 0 Å². The fraction of sp³-hybridized carbons (Fsp3) is 0.846. The first-order valence-corrected chi connectivity index (χ1v) is 6.32. The second-order valence-corrected chi connectivity index (χ2v) is 5.74. The first-order chi connectivity index (χ1) is 7.20. The summed E-state index contributed by atoms with van der Waals surface area (Å²) in [6, 6.07) is 0.816. The van der Waals surface area contributed by atoms with Gasteiger partial charge in [-0.1, -0.05) is 19.1 Å². The molecule has 0 spiro atoms. The fourth-order valence-electron chi connectivity index (χ4n) is 4.29. The lowest BCUT2D eigenvalue weighted by Crippen LogP contribution is -2.54. The Morgan fingerprint density at radius 2 is 2.20 bits per heavy atom. The van der Waals surface area contributed by atoms with Crippen molar-refractivity contribution in [2.45, 2.75) is 44.7 Å². The van der Waals surface area contributed by atoms with Crippen molar-refractivity contribution in [1.29, 1.82) is 0 Å². The lowest BCUT2D eigenvalue weighted by Gasteiger charge is -2.41. The largest absolute Gasteiger partial charge is 0.257 e. The van der Waals surface area contributed by atoms with Crippen molar-refractivity contribution in [2.75, 3.05) is 7.05 Å². The SMILES string of the molecule is CNN1C2C(C)C2C2CCC=CCC21C. The van der Waals surface area contributed by atoms with Crippen LogP contribution in [0.25, 0.3) is 0 Å². The van der Waals surface area contributed by atoms with E-state index in [1.54, 1.807) is 0 Å². The maximum Gasteiger partial charge on any atom is 0.0395 e. The van der Waals surface area contributed by atoms with Crippen molar-refractivity contribution < 1.29 is 0 Å². The number of hydrazine groups is 1. The van der Waals surface area contributed by atoms with E-state index in [-0.39, 0.29) is 0 Å². The van der Waals surface area contributed by atoms with Gasteiger partial charge in [0.2, 0.25) is 0 Å². The Kier molecular flexibility index (Phi) is 2.02. The quantitative estimate of drug-likeness (QED) is 0.662. The third-order valence-corrected chi connectivity index (χ3v) is 5.09. The Morgan fingerprint density at radius 1 is 1.40 bits per heavy atom. The Balaban J connectivity index is 1.93. The fourth-order valence-corrected chi connectivity index (χ4v) is 4.29. The third-order valence-electron chi connectivity index (χ3n) is 5.09. The van der Waals surface area contributed by atoms with Crippen LogP contribution in [0.3, 0.4) is 0 Å². The first-order valence-electron chi connectivity index (χ1n) is 6.32. The molecule has 15 heavy (non-hydrogen) atoms. The zero-order chi connectivity index (χ0) is 10.6. The molecule has 1 N–H and O–H groups in total. The molecule has 1 saturated carbocycles. The van der Waals surface area contributed by atoms with Gasteiger partial charge < -0.3 is 0 Å². The van der Waals surface area contributed by atoms with Gasteiger partial charge in [-0.05, 0) is 51.0 Å². The molecule has 0 aromatic rings. The lowest BCUT2D eigenvalue weighted by atomic mass is 9.79. The zero-order valence-corrected chi connectivity index (χ0v) is 10.0. The molecule has 1 heterocycles. The van der Waals surface area contributed by atoms with E-state index >= 15 is 0 Å². The second kappa shape index (κ2) is 3.08. The van der Waals surface area contributed by atoms with Crippen LogP contribution in [0.15, 0.2) is 12.2 Å². The summed E-state index contributed by atoms with van der Waals surface area (Å²) in [5.41, 5.74) is 3.83. The summed E-state index contributed by atoms with van der Waals surface area (Å²) >= 11 is 0. The van der Waals surface area contributed by atoms with Crippen LogP contribution < -0.4 is 5.43 Å². The summed E-state index contributed by atoms with van der Waals surface area (Å²) in [5.74, 6) is 2.77. The standard InChI is InChI=1S/C13H22N2/c1-9-11-10-7-5-4-6-8-13(10,2)15(14-3)12(9)11/h4,6,9-12,14H,5,7-8H2,1-3H3. The molecule has 2 aliphatic carbocycles. The molecule has 0 radical (unpaired) electrons. The number of hydrogen-bond acceptors (Lipinski definition) is 2. The van der Waals surface area contributed by atoms with Gasteiger partial charge in [-0.3, -0.25) is 5.43 Å². The average Bonchev–Trinajstić information content (AvgIpc) is 2.81. The molecule has 1 aliphatic heterocycles. The molecule has 2 heteroatoms. The molecule has 5 unspecified atom stereocenters. The number of piperidine rings is 1. The van der Waals surface area contributed by atoms with Crippen LogP contribution in [-0.4, -0.2) is 23.6 Å². The highest BCUT2D eigenvalue weighted by molar-refractivity contribution is 5.21. The van der Waals surface area contributed by atoms with Gasteiger partial charge in [-0.25, -0.2) is 5.01 Å². The number of hydrogen-bond donors (Lipinski definition) is 1. The van der Waals surface area contributed by atoms with Crippen LogP contribution in [-0.2, 0) is 0 Å². The van der Waals surface area contributed by atoms with Gasteiger partial charge >= 0.3 is 0 Å². The van der Waals surface area contributed by atoms with Gasteiger partial charge in [0.15, 0.2) is 0 Å². The highest BCUT2D eigenvalue weighted by Crippen LogP contribution is 2.62. The van der Waals surface area contributed by atoms with Gasteiger partial charge in [0, 0.05) is 11.6 Å². The van der Waals surface area contributed by atoms with E-state index in [0.717, 1.165) is 23.8 Å². The molecular formula is C13H22N2. The molecular weight excluding hydrogens is 184 g/mol. The Hall–Kier alpha value is -0.340. The van der Waals surface area contributed by atoms with Crippen LogP contribution >= 0.6 is 0 Å². The molecule has 3 rings (SSSR count). The topological polar surface area (TPSA) is 15.3 Å². The lowest BCUT2D eigenvalue weighted by molar-refractivity contribution is 0.0334. The van der Waals surface area contributed by atoms with Gasteiger partial charge in [0.25, 0.3) is 0 Å². The zero-order valence-electron chi connectivity index (χ0n) is 10.0. The number of allylic oxidation sites excluding steroid dienone is 1. The van der Waals surface area contributed by atoms with Crippen molar-refractivity contribution >= 4 is 0 Å². The third kappa shape index (κ3) is 1.12. The van der Waals surface area contributed by atoms with E-state index in [0.29, 0.717) is 5.54 Å². The summed E-state index contributed by atoms with van der Waals surface area (Å²) in [4.78, 5) is 0. The molecule has 1 saturated heterocycles. The molecule has 0 bridgehead atoms. The minimum atomic E-state index is 0.379. The van der Waals surface area contributed by atoms with Gasteiger partial charge in [0.1, 0.15) is 0 Å². The van der Waals surface area contributed by atoms with Crippen LogP contribution in [0.2, 0.25) is 0 Å². The van der Waals surface area contributed by atoms with E-state index in [1.807, 2.05) is 0 Å². The summed E-state index contributed by atoms with van der Waals surface area (Å²) in [6.07, 6.45) is 8.65. The minimum Gasteiger partial charge on any atom is -0.257 e. The van der Waals surface area contributed by atoms with Crippen LogP contribution in [0.4, 0.5) is 0 Å². The maximum absolute atomic E-state index is 3.45. The normalized spacial score (nSPS) is 53.5. The maximum atomic E-state index is 3.45. The monoisotopic (exact) mass is 206 g/mol. The first kappa shape index (κ1) is 9.86. The van der Waals surface area contributed by atoms with E-state index in [9.17, 15) is 0 Å². The summed E-state index contributed by atoms with van der Waals surface area (Å²) in [5, 5.41) is 2.56. The minimum absolute atomic E-state index is 0.379. The van der Waals surface area contributed by atoms with Crippen molar-refractivity contribution in [3.05, 3.63) is 12.2 Å². The van der Waals surface area contributed by atoms with E-state index in [1.165, 1.54) is 19.3 Å². The Labute approximate surface area is 92.7 Å². The molecule has 3 aliphatic rings. The van der Waals surface area contributed by atoms with Crippen molar-refractivity contribution in [1.82, 2.24) is 10.4 Å². The van der Waals surface area contributed by atoms with Crippen molar-refractivity contribution in [2.24, 2.45) is 17.8 Å². The molecule has 5 atom stereocenters. The molecule has 2 fully saturated rings. The second-order valence-electron chi connectivity index (χ2n) is 5.74. The predicted molar refractivity (Wildman–Crippen MR) is 62.2 cm³/mol. The highest BCUT2D eigenvalue weighted by atomic mass is 15.6. The molecule has 84 valence electrons. The van der Waals surface area contributed by atoms with Gasteiger partial charge in [-0.15, -0.1) is 0 Å². The van der Waals surface area contributed by atoms with Crippen LogP contribution in [0.5, 0.6) is 0 Å². The molecule has 2 nitrogen and oxygen atoms in total. The number of nitrogens with one attached hydrogen (secondary N) is 1. The summed E-state index contributed by atoms with van der Waals surface area (Å²) < 4.78 is 0. The van der Waals surface area contributed by atoms with E-state index in [2.05, 4.69) is 43.5 Å². The number of fused-ring (bicyclic) bond motifs is 3. The molecule has 0 aromatic carbocycles. The average molecular weight is 206 g/mol. The smallest absolute Gasteiger partial charge is 0.0395 e.